The second-order valence-electron chi connectivity index (χ2n) is 5.61. The fraction of sp³-hybridized carbons (Fsp3) is 0.562. The minimum Gasteiger partial charge on any atom is -0.494 e. The SMILES string of the molecule is CCOc1cc(N)cc(C(=O)NC(C)CN2CCCC2)c1. The molecule has 1 amide bonds. The van der Waals surface area contributed by atoms with Gasteiger partial charge in [-0.05, 0) is 51.9 Å². The molecule has 0 bridgehead atoms. The minimum atomic E-state index is -0.102. The number of amides is 1. The van der Waals surface area contributed by atoms with Crippen LogP contribution >= 0.6 is 0 Å². The number of ether oxygens (including phenoxy) is 1. The van der Waals surface area contributed by atoms with Crippen LogP contribution in [-0.4, -0.2) is 43.1 Å². The van der Waals surface area contributed by atoms with Crippen molar-refractivity contribution in [3.8, 4) is 5.75 Å². The normalized spacial score (nSPS) is 16.7. The Bertz CT molecular complexity index is 484. The van der Waals surface area contributed by atoms with Crippen molar-refractivity contribution in [2.24, 2.45) is 0 Å². The Morgan fingerprint density at radius 2 is 2.10 bits per heavy atom. The number of anilines is 1. The molecule has 1 saturated heterocycles. The molecule has 0 aliphatic carbocycles. The molecule has 21 heavy (non-hydrogen) atoms. The van der Waals surface area contributed by atoms with E-state index in [2.05, 4.69) is 10.2 Å². The van der Waals surface area contributed by atoms with Crippen LogP contribution in [0.25, 0.3) is 0 Å². The molecule has 1 aromatic rings. The van der Waals surface area contributed by atoms with Gasteiger partial charge in [-0.3, -0.25) is 4.79 Å². The zero-order valence-electron chi connectivity index (χ0n) is 12.9. The van der Waals surface area contributed by atoms with Crippen LogP contribution in [0.2, 0.25) is 0 Å². The summed E-state index contributed by atoms with van der Waals surface area (Å²) in [6.45, 7) is 7.65. The number of rotatable bonds is 6. The molecule has 3 N–H and O–H groups in total. The third-order valence-electron chi connectivity index (χ3n) is 3.61. The number of nitrogens with one attached hydrogen (secondary N) is 1. The number of likely N-dealkylation sites (tertiary alicyclic amines) is 1. The predicted octanol–water partition coefficient (Wildman–Crippen LogP) is 1.88. The lowest BCUT2D eigenvalue weighted by Crippen LogP contribution is -2.41. The van der Waals surface area contributed by atoms with Crippen LogP contribution in [0.15, 0.2) is 18.2 Å². The van der Waals surface area contributed by atoms with E-state index < -0.39 is 0 Å². The van der Waals surface area contributed by atoms with Gasteiger partial charge in [-0.15, -0.1) is 0 Å². The van der Waals surface area contributed by atoms with Gasteiger partial charge in [-0.25, -0.2) is 0 Å². The molecule has 0 saturated carbocycles. The van der Waals surface area contributed by atoms with E-state index in [1.54, 1.807) is 18.2 Å². The Labute approximate surface area is 126 Å². The van der Waals surface area contributed by atoms with Gasteiger partial charge in [0.15, 0.2) is 0 Å². The molecule has 1 unspecified atom stereocenters. The average molecular weight is 291 g/mol. The highest BCUT2D eigenvalue weighted by atomic mass is 16.5. The van der Waals surface area contributed by atoms with Gasteiger partial charge in [0.1, 0.15) is 5.75 Å². The Kier molecular flexibility index (Phi) is 5.44. The van der Waals surface area contributed by atoms with Crippen molar-refractivity contribution in [2.45, 2.75) is 32.7 Å². The van der Waals surface area contributed by atoms with Crippen LogP contribution in [0.4, 0.5) is 5.69 Å². The van der Waals surface area contributed by atoms with Gasteiger partial charge in [0.2, 0.25) is 0 Å². The molecular weight excluding hydrogens is 266 g/mol. The van der Waals surface area contributed by atoms with E-state index >= 15 is 0 Å². The summed E-state index contributed by atoms with van der Waals surface area (Å²) in [5.41, 5.74) is 6.91. The van der Waals surface area contributed by atoms with Gasteiger partial charge >= 0.3 is 0 Å². The molecule has 1 aliphatic heterocycles. The van der Waals surface area contributed by atoms with Gasteiger partial charge in [-0.2, -0.15) is 0 Å². The smallest absolute Gasteiger partial charge is 0.251 e. The third kappa shape index (κ3) is 4.63. The number of carbonyl (C=O) groups excluding carboxylic acids is 1. The van der Waals surface area contributed by atoms with Gasteiger partial charge < -0.3 is 20.7 Å². The van der Waals surface area contributed by atoms with Crippen LogP contribution in [0, 0.1) is 0 Å². The molecule has 5 nitrogen and oxygen atoms in total. The van der Waals surface area contributed by atoms with Crippen LogP contribution in [0.1, 0.15) is 37.0 Å². The first-order valence-electron chi connectivity index (χ1n) is 7.65. The number of nitrogen functional groups attached to an aromatic ring is 1. The van der Waals surface area contributed by atoms with E-state index in [4.69, 9.17) is 10.5 Å². The maximum Gasteiger partial charge on any atom is 0.251 e. The van der Waals surface area contributed by atoms with Gasteiger partial charge in [0, 0.05) is 29.9 Å². The fourth-order valence-corrected chi connectivity index (χ4v) is 2.71. The van der Waals surface area contributed by atoms with Crippen molar-refractivity contribution in [1.29, 1.82) is 0 Å². The van der Waals surface area contributed by atoms with Crippen molar-refractivity contribution in [3.05, 3.63) is 23.8 Å². The highest BCUT2D eigenvalue weighted by Gasteiger charge is 2.17. The summed E-state index contributed by atoms with van der Waals surface area (Å²) >= 11 is 0. The molecule has 0 aromatic heterocycles. The summed E-state index contributed by atoms with van der Waals surface area (Å²) in [5.74, 6) is 0.532. The summed E-state index contributed by atoms with van der Waals surface area (Å²) in [4.78, 5) is 14.7. The third-order valence-corrected chi connectivity index (χ3v) is 3.61. The number of nitrogens with two attached hydrogens (primary N) is 1. The Morgan fingerprint density at radius 1 is 1.38 bits per heavy atom. The first-order chi connectivity index (χ1) is 10.1. The number of benzene rings is 1. The van der Waals surface area contributed by atoms with E-state index in [-0.39, 0.29) is 11.9 Å². The Hall–Kier alpha value is -1.75. The Morgan fingerprint density at radius 3 is 2.76 bits per heavy atom. The Balaban J connectivity index is 1.95. The predicted molar refractivity (Wildman–Crippen MR) is 84.6 cm³/mol. The van der Waals surface area contributed by atoms with Crippen LogP contribution in [0.3, 0.4) is 0 Å². The lowest BCUT2D eigenvalue weighted by atomic mass is 10.1. The molecule has 2 rings (SSSR count). The van der Waals surface area contributed by atoms with Gasteiger partial charge in [-0.1, -0.05) is 0 Å². The van der Waals surface area contributed by atoms with E-state index in [1.165, 1.54) is 12.8 Å². The highest BCUT2D eigenvalue weighted by molar-refractivity contribution is 5.95. The number of nitrogens with zero attached hydrogens (tertiary/aromatic N) is 1. The lowest BCUT2D eigenvalue weighted by Gasteiger charge is -2.21. The second-order valence-corrected chi connectivity index (χ2v) is 5.61. The number of hydrogen-bond donors (Lipinski definition) is 2. The molecule has 0 spiro atoms. The average Bonchev–Trinajstić information content (AvgIpc) is 2.91. The molecule has 5 heteroatoms. The van der Waals surface area contributed by atoms with E-state index in [9.17, 15) is 4.79 Å². The first-order valence-corrected chi connectivity index (χ1v) is 7.65. The molecule has 1 aromatic carbocycles. The van der Waals surface area contributed by atoms with Crippen molar-refractivity contribution >= 4 is 11.6 Å². The van der Waals surface area contributed by atoms with Crippen molar-refractivity contribution in [3.63, 3.8) is 0 Å². The van der Waals surface area contributed by atoms with Crippen molar-refractivity contribution in [1.82, 2.24) is 10.2 Å². The first kappa shape index (κ1) is 15.6. The van der Waals surface area contributed by atoms with Crippen LogP contribution < -0.4 is 15.8 Å². The van der Waals surface area contributed by atoms with Crippen LogP contribution in [-0.2, 0) is 0 Å². The quantitative estimate of drug-likeness (QED) is 0.785. The van der Waals surface area contributed by atoms with Crippen molar-refractivity contribution in [2.75, 3.05) is 32.0 Å². The summed E-state index contributed by atoms with van der Waals surface area (Å²) in [6.07, 6.45) is 2.52. The van der Waals surface area contributed by atoms with Crippen LogP contribution in [0.5, 0.6) is 5.75 Å². The molecule has 0 radical (unpaired) electrons. The summed E-state index contributed by atoms with van der Waals surface area (Å²) < 4.78 is 5.42. The molecular formula is C16H25N3O2. The summed E-state index contributed by atoms with van der Waals surface area (Å²) in [6, 6.07) is 5.26. The molecule has 1 atom stereocenters. The largest absolute Gasteiger partial charge is 0.494 e. The number of hydrogen-bond acceptors (Lipinski definition) is 4. The standard InChI is InChI=1S/C16H25N3O2/c1-3-21-15-9-13(8-14(17)10-15)16(20)18-12(2)11-19-6-4-5-7-19/h8-10,12H,3-7,11,17H2,1-2H3,(H,18,20). The zero-order valence-corrected chi connectivity index (χ0v) is 12.9. The summed E-state index contributed by atoms with van der Waals surface area (Å²) in [5, 5.41) is 3.03. The minimum absolute atomic E-state index is 0.102. The lowest BCUT2D eigenvalue weighted by molar-refractivity contribution is 0.0931. The van der Waals surface area contributed by atoms with E-state index in [0.717, 1.165) is 19.6 Å². The maximum atomic E-state index is 12.3. The topological polar surface area (TPSA) is 67.6 Å². The molecule has 1 heterocycles. The second kappa shape index (κ2) is 7.31. The highest BCUT2D eigenvalue weighted by Crippen LogP contribution is 2.19. The van der Waals surface area contributed by atoms with E-state index in [0.29, 0.717) is 23.6 Å². The fourth-order valence-electron chi connectivity index (χ4n) is 2.71. The molecule has 1 aliphatic rings. The maximum absolute atomic E-state index is 12.3. The van der Waals surface area contributed by atoms with E-state index in [1.807, 2.05) is 13.8 Å². The van der Waals surface area contributed by atoms with Gasteiger partial charge in [0.25, 0.3) is 5.91 Å². The zero-order chi connectivity index (χ0) is 15.2. The van der Waals surface area contributed by atoms with Crippen molar-refractivity contribution < 1.29 is 9.53 Å². The number of carbonyl (C=O) groups is 1. The molecule has 116 valence electrons. The summed E-state index contributed by atoms with van der Waals surface area (Å²) in [7, 11) is 0. The monoisotopic (exact) mass is 291 g/mol. The van der Waals surface area contributed by atoms with Gasteiger partial charge in [0.05, 0.1) is 6.61 Å². The molecule has 1 fully saturated rings.